The molecule has 3 rings (SSSR count). The highest BCUT2D eigenvalue weighted by atomic mass is 15.2. The van der Waals surface area contributed by atoms with Crippen molar-refractivity contribution in [3.63, 3.8) is 0 Å². The van der Waals surface area contributed by atoms with Gasteiger partial charge >= 0.3 is 0 Å². The summed E-state index contributed by atoms with van der Waals surface area (Å²) in [5, 5.41) is 4.37. The molecule has 1 aliphatic carbocycles. The zero-order valence-electron chi connectivity index (χ0n) is 11.7. The average Bonchev–Trinajstić information content (AvgIpc) is 2.94. The standard InChI is InChI=1S/C16H21N3/c1-11-15(10-19(2)18-11)16(17)9-12-6-7-13-4-3-5-14(13)8-12/h6-8,10,16H,3-5,9,17H2,1-2H3. The molecule has 1 unspecified atom stereocenters. The maximum absolute atomic E-state index is 6.33. The van der Waals surface area contributed by atoms with Crippen LogP contribution in [0.15, 0.2) is 24.4 Å². The van der Waals surface area contributed by atoms with Crippen LogP contribution in [0, 0.1) is 6.92 Å². The van der Waals surface area contributed by atoms with Gasteiger partial charge in [0.2, 0.25) is 0 Å². The third-order valence-electron chi connectivity index (χ3n) is 4.07. The molecule has 100 valence electrons. The number of hydrogen-bond acceptors (Lipinski definition) is 2. The van der Waals surface area contributed by atoms with Gasteiger partial charge in [-0.15, -0.1) is 0 Å². The zero-order chi connectivity index (χ0) is 13.4. The van der Waals surface area contributed by atoms with Crippen molar-refractivity contribution in [2.45, 2.75) is 38.6 Å². The van der Waals surface area contributed by atoms with Crippen molar-refractivity contribution in [1.82, 2.24) is 9.78 Å². The molecule has 3 nitrogen and oxygen atoms in total. The fourth-order valence-electron chi connectivity index (χ4n) is 3.10. The Morgan fingerprint density at radius 3 is 2.84 bits per heavy atom. The summed E-state index contributed by atoms with van der Waals surface area (Å²) in [5.41, 5.74) is 12.9. The molecular weight excluding hydrogens is 234 g/mol. The number of aryl methyl sites for hydroxylation is 4. The van der Waals surface area contributed by atoms with E-state index in [1.54, 1.807) is 0 Å². The van der Waals surface area contributed by atoms with Crippen molar-refractivity contribution in [2.24, 2.45) is 12.8 Å². The Labute approximate surface area is 114 Å². The molecule has 1 atom stereocenters. The third-order valence-corrected chi connectivity index (χ3v) is 4.07. The van der Waals surface area contributed by atoms with Crippen LogP contribution < -0.4 is 5.73 Å². The molecule has 0 saturated heterocycles. The van der Waals surface area contributed by atoms with Crippen LogP contribution in [0.5, 0.6) is 0 Å². The number of nitrogens with two attached hydrogens (primary N) is 1. The summed E-state index contributed by atoms with van der Waals surface area (Å²) in [6.07, 6.45) is 6.69. The summed E-state index contributed by atoms with van der Waals surface area (Å²) < 4.78 is 1.84. The Balaban J connectivity index is 1.79. The molecule has 0 amide bonds. The molecule has 0 fully saturated rings. The summed E-state index contributed by atoms with van der Waals surface area (Å²) in [5.74, 6) is 0. The normalized spacial score (nSPS) is 15.5. The average molecular weight is 255 g/mol. The predicted octanol–water partition coefficient (Wildman–Crippen LogP) is 2.46. The van der Waals surface area contributed by atoms with Crippen LogP contribution >= 0.6 is 0 Å². The number of benzene rings is 1. The summed E-state index contributed by atoms with van der Waals surface area (Å²) in [6.45, 7) is 2.03. The maximum atomic E-state index is 6.33. The van der Waals surface area contributed by atoms with E-state index >= 15 is 0 Å². The second kappa shape index (κ2) is 4.82. The molecule has 0 bridgehead atoms. The van der Waals surface area contributed by atoms with Crippen molar-refractivity contribution in [3.8, 4) is 0 Å². The summed E-state index contributed by atoms with van der Waals surface area (Å²) in [7, 11) is 1.94. The van der Waals surface area contributed by atoms with E-state index < -0.39 is 0 Å². The van der Waals surface area contributed by atoms with E-state index in [1.165, 1.54) is 36.0 Å². The molecule has 1 aromatic heterocycles. The second-order valence-electron chi connectivity index (χ2n) is 5.61. The maximum Gasteiger partial charge on any atom is 0.0641 e. The van der Waals surface area contributed by atoms with Crippen LogP contribution in [0.1, 0.15) is 40.4 Å². The van der Waals surface area contributed by atoms with E-state index in [0.717, 1.165) is 17.7 Å². The van der Waals surface area contributed by atoms with E-state index in [0.29, 0.717) is 0 Å². The Morgan fingerprint density at radius 1 is 1.32 bits per heavy atom. The van der Waals surface area contributed by atoms with Crippen molar-refractivity contribution in [3.05, 3.63) is 52.3 Å². The molecule has 2 aromatic rings. The largest absolute Gasteiger partial charge is 0.324 e. The molecule has 1 aliphatic rings. The molecule has 0 radical (unpaired) electrons. The lowest BCUT2D eigenvalue weighted by atomic mass is 9.97. The third kappa shape index (κ3) is 2.43. The quantitative estimate of drug-likeness (QED) is 0.915. The molecule has 2 N–H and O–H groups in total. The smallest absolute Gasteiger partial charge is 0.0641 e. The van der Waals surface area contributed by atoms with Gasteiger partial charge < -0.3 is 5.73 Å². The van der Waals surface area contributed by atoms with Crippen molar-refractivity contribution in [1.29, 1.82) is 0 Å². The number of aromatic nitrogens is 2. The summed E-state index contributed by atoms with van der Waals surface area (Å²) >= 11 is 0. The molecule has 0 saturated carbocycles. The molecule has 0 spiro atoms. The minimum atomic E-state index is 0.0353. The Kier molecular flexibility index (Phi) is 3.15. The highest BCUT2D eigenvalue weighted by Crippen LogP contribution is 2.25. The van der Waals surface area contributed by atoms with Crippen LogP contribution in [0.4, 0.5) is 0 Å². The van der Waals surface area contributed by atoms with E-state index in [4.69, 9.17) is 5.73 Å². The van der Waals surface area contributed by atoms with E-state index in [-0.39, 0.29) is 6.04 Å². The van der Waals surface area contributed by atoms with Gasteiger partial charge in [0.15, 0.2) is 0 Å². The Hall–Kier alpha value is -1.61. The molecule has 1 heterocycles. The van der Waals surface area contributed by atoms with Gasteiger partial charge in [0.05, 0.1) is 5.69 Å². The summed E-state index contributed by atoms with van der Waals surface area (Å²) in [6, 6.07) is 6.89. The first-order valence-electron chi connectivity index (χ1n) is 7.00. The van der Waals surface area contributed by atoms with E-state index in [1.807, 2.05) is 24.9 Å². The van der Waals surface area contributed by atoms with Gasteiger partial charge in [-0.25, -0.2) is 0 Å². The first-order valence-corrected chi connectivity index (χ1v) is 7.00. The van der Waals surface area contributed by atoms with Gasteiger partial charge in [-0.3, -0.25) is 4.68 Å². The monoisotopic (exact) mass is 255 g/mol. The lowest BCUT2D eigenvalue weighted by molar-refractivity contribution is 0.714. The SMILES string of the molecule is Cc1nn(C)cc1C(N)Cc1ccc2c(c1)CCC2. The number of nitrogens with zero attached hydrogens (tertiary/aromatic N) is 2. The number of rotatable bonds is 3. The first-order chi connectivity index (χ1) is 9.13. The van der Waals surface area contributed by atoms with Crippen LogP contribution in [0.25, 0.3) is 0 Å². The second-order valence-corrected chi connectivity index (χ2v) is 5.61. The molecule has 19 heavy (non-hydrogen) atoms. The fourth-order valence-corrected chi connectivity index (χ4v) is 3.10. The van der Waals surface area contributed by atoms with Gasteiger partial charge in [-0.05, 0) is 49.3 Å². The minimum absolute atomic E-state index is 0.0353. The van der Waals surface area contributed by atoms with Crippen LogP contribution in [-0.2, 0) is 26.3 Å². The zero-order valence-corrected chi connectivity index (χ0v) is 11.7. The Morgan fingerprint density at radius 2 is 2.11 bits per heavy atom. The van der Waals surface area contributed by atoms with Crippen molar-refractivity contribution >= 4 is 0 Å². The van der Waals surface area contributed by atoms with Crippen LogP contribution in [0.2, 0.25) is 0 Å². The minimum Gasteiger partial charge on any atom is -0.324 e. The van der Waals surface area contributed by atoms with E-state index in [9.17, 15) is 0 Å². The van der Waals surface area contributed by atoms with Gasteiger partial charge in [-0.2, -0.15) is 5.10 Å². The number of hydrogen-bond donors (Lipinski definition) is 1. The van der Waals surface area contributed by atoms with Gasteiger partial charge in [0, 0.05) is 24.8 Å². The molecular formula is C16H21N3. The fraction of sp³-hybridized carbons (Fsp3) is 0.438. The highest BCUT2D eigenvalue weighted by Gasteiger charge is 2.15. The van der Waals surface area contributed by atoms with Gasteiger partial charge in [0.25, 0.3) is 0 Å². The molecule has 1 aromatic carbocycles. The van der Waals surface area contributed by atoms with Crippen molar-refractivity contribution < 1.29 is 0 Å². The molecule has 0 aliphatic heterocycles. The van der Waals surface area contributed by atoms with Crippen LogP contribution in [-0.4, -0.2) is 9.78 Å². The first kappa shape index (κ1) is 12.4. The lowest BCUT2D eigenvalue weighted by Crippen LogP contribution is -2.14. The van der Waals surface area contributed by atoms with Gasteiger partial charge in [0.1, 0.15) is 0 Å². The topological polar surface area (TPSA) is 43.8 Å². The highest BCUT2D eigenvalue weighted by molar-refractivity contribution is 5.36. The van der Waals surface area contributed by atoms with Crippen molar-refractivity contribution in [2.75, 3.05) is 0 Å². The van der Waals surface area contributed by atoms with Crippen LogP contribution in [0.3, 0.4) is 0 Å². The Bertz CT molecular complexity index is 598. The number of fused-ring (bicyclic) bond motifs is 1. The predicted molar refractivity (Wildman–Crippen MR) is 77.0 cm³/mol. The summed E-state index contributed by atoms with van der Waals surface area (Å²) in [4.78, 5) is 0. The lowest BCUT2D eigenvalue weighted by Gasteiger charge is -2.12. The van der Waals surface area contributed by atoms with Gasteiger partial charge in [-0.1, -0.05) is 18.2 Å². The molecule has 3 heteroatoms. The van der Waals surface area contributed by atoms with E-state index in [2.05, 4.69) is 23.3 Å².